The molecule has 0 rings (SSSR count). The van der Waals surface area contributed by atoms with Crippen LogP contribution in [0.2, 0.25) is 0 Å². The Balaban J connectivity index is 0. The van der Waals surface area contributed by atoms with Crippen LogP contribution < -0.4 is 0 Å². The van der Waals surface area contributed by atoms with Gasteiger partial charge in [0.1, 0.15) is 0 Å². The molecule has 0 N–H and O–H groups in total. The summed E-state index contributed by atoms with van der Waals surface area (Å²) < 4.78 is 100. The zero-order valence-electron chi connectivity index (χ0n) is 30.1. The SMILES string of the molecule is CCCCCCCCCCCCCC[P+](CCCCCC)(CCCCCC)CCCCCC.O=S(=O)([O-])C(F)(F)C(F)OC(F)(F)F. The fourth-order valence-electron chi connectivity index (χ4n) is 5.88. The Morgan fingerprint density at radius 2 is 0.745 bits per heavy atom. The number of alkyl halides is 6. The first-order chi connectivity index (χ1) is 22.1. The summed E-state index contributed by atoms with van der Waals surface area (Å²) in [6.45, 7) is 9.41. The molecule has 0 radical (unpaired) electrons. The fraction of sp³-hybridized carbons (Fsp3) is 1.00. The summed E-state index contributed by atoms with van der Waals surface area (Å²) in [5, 5.41) is -5.79. The maximum atomic E-state index is 12.0. The highest BCUT2D eigenvalue weighted by atomic mass is 32.2. The number of hydrogen-bond acceptors (Lipinski definition) is 4. The second-order valence-corrected chi connectivity index (χ2v) is 19.1. The van der Waals surface area contributed by atoms with Crippen LogP contribution in [0.3, 0.4) is 0 Å². The van der Waals surface area contributed by atoms with Crippen molar-refractivity contribution in [2.45, 2.75) is 200 Å². The van der Waals surface area contributed by atoms with Gasteiger partial charge in [-0.1, -0.05) is 130 Å². The number of ether oxygens (including phenoxy) is 1. The standard InChI is InChI=1S/C32H68P.C3H2F6O4S/c1-5-9-13-17-18-19-20-21-22-23-24-28-32-33(29-25-14-10-6-2,30-26-15-11-7-3)31-27-16-12-8-4;4-1(13-3(7,8)9)2(5,6)14(10,11)12/h5-32H2,1-4H3;1H,(H,10,11,12)/q+1;/p-1. The lowest BCUT2D eigenvalue weighted by Gasteiger charge is -2.28. The summed E-state index contributed by atoms with van der Waals surface area (Å²) >= 11 is 0. The molecular formula is C35H69F6O4PS. The molecule has 1 unspecified atom stereocenters. The van der Waals surface area contributed by atoms with Crippen molar-refractivity contribution in [2.75, 3.05) is 24.6 Å². The van der Waals surface area contributed by atoms with E-state index in [0.29, 0.717) is 0 Å². The van der Waals surface area contributed by atoms with Gasteiger partial charge >= 0.3 is 11.6 Å². The second kappa shape index (κ2) is 29.6. The Morgan fingerprint density at radius 3 is 0.979 bits per heavy atom. The van der Waals surface area contributed by atoms with Crippen molar-refractivity contribution in [3.8, 4) is 0 Å². The van der Waals surface area contributed by atoms with Crippen LogP contribution >= 0.6 is 7.26 Å². The van der Waals surface area contributed by atoms with Crippen LogP contribution in [0, 0.1) is 0 Å². The summed E-state index contributed by atoms with van der Waals surface area (Å²) in [5.74, 6) is 0. The van der Waals surface area contributed by atoms with Crippen molar-refractivity contribution in [3.05, 3.63) is 0 Å². The van der Waals surface area contributed by atoms with Gasteiger partial charge in [0.25, 0.3) is 6.36 Å². The van der Waals surface area contributed by atoms with Crippen molar-refractivity contribution in [1.82, 2.24) is 0 Å². The molecule has 286 valence electrons. The summed E-state index contributed by atoms with van der Waals surface area (Å²) in [6.07, 6.45) is 31.7. The minimum atomic E-state index is -6.56. The molecule has 0 aliphatic rings. The smallest absolute Gasteiger partial charge is 0.525 e. The molecule has 47 heavy (non-hydrogen) atoms. The fourth-order valence-corrected chi connectivity index (χ4v) is 11.1. The third kappa shape index (κ3) is 28.3. The Hall–Kier alpha value is -0.120. The molecule has 0 aromatic heterocycles. The first kappa shape index (κ1) is 49.0. The summed E-state index contributed by atoms with van der Waals surface area (Å²) in [7, 11) is -7.25. The largest absolute Gasteiger partial charge is 0.743 e. The van der Waals surface area contributed by atoms with Gasteiger partial charge in [-0.25, -0.2) is 17.5 Å². The van der Waals surface area contributed by atoms with Gasteiger partial charge in [0.05, 0.1) is 24.6 Å². The van der Waals surface area contributed by atoms with Crippen molar-refractivity contribution in [3.63, 3.8) is 0 Å². The lowest BCUT2D eigenvalue weighted by molar-refractivity contribution is -0.378. The highest BCUT2D eigenvalue weighted by molar-refractivity contribution is 7.86. The highest BCUT2D eigenvalue weighted by Gasteiger charge is 2.53. The second-order valence-electron chi connectivity index (χ2n) is 13.2. The average molecular weight is 731 g/mol. The van der Waals surface area contributed by atoms with Crippen LogP contribution in [0.15, 0.2) is 0 Å². The summed E-state index contributed by atoms with van der Waals surface area (Å²) in [6, 6.07) is 0. The minimum Gasteiger partial charge on any atom is -0.743 e. The molecular weight excluding hydrogens is 661 g/mol. The molecule has 1 atom stereocenters. The van der Waals surface area contributed by atoms with E-state index in [9.17, 15) is 39.3 Å². The molecule has 0 saturated heterocycles. The third-order valence-electron chi connectivity index (χ3n) is 8.78. The molecule has 0 bridgehead atoms. The lowest BCUT2D eigenvalue weighted by Crippen LogP contribution is -2.42. The topological polar surface area (TPSA) is 66.4 Å². The van der Waals surface area contributed by atoms with Gasteiger partial charge in [-0.05, 0) is 51.4 Å². The zero-order valence-corrected chi connectivity index (χ0v) is 31.8. The van der Waals surface area contributed by atoms with E-state index < -0.39 is 35.4 Å². The molecule has 4 nitrogen and oxygen atoms in total. The van der Waals surface area contributed by atoms with E-state index in [1.54, 1.807) is 50.3 Å². The van der Waals surface area contributed by atoms with E-state index >= 15 is 0 Å². The molecule has 0 saturated carbocycles. The predicted molar refractivity (Wildman–Crippen MR) is 187 cm³/mol. The van der Waals surface area contributed by atoms with Gasteiger partial charge < -0.3 is 4.55 Å². The first-order valence-corrected chi connectivity index (χ1v) is 22.6. The van der Waals surface area contributed by atoms with E-state index in [1.807, 2.05) is 4.74 Å². The average Bonchev–Trinajstić information content (AvgIpc) is 2.99. The van der Waals surface area contributed by atoms with Crippen LogP contribution in [-0.4, -0.2) is 55.6 Å². The number of rotatable bonds is 31. The zero-order chi connectivity index (χ0) is 36.1. The van der Waals surface area contributed by atoms with Gasteiger partial charge in [0.15, 0.2) is 10.1 Å². The monoisotopic (exact) mass is 730 g/mol. The van der Waals surface area contributed by atoms with Crippen molar-refractivity contribution < 1.29 is 44.0 Å². The van der Waals surface area contributed by atoms with Crippen molar-refractivity contribution >= 4 is 17.4 Å². The normalized spacial score (nSPS) is 13.4. The molecule has 0 aromatic rings. The molecule has 0 amide bonds. The van der Waals surface area contributed by atoms with Crippen LogP contribution in [0.1, 0.15) is 182 Å². The Labute approximate surface area is 285 Å². The van der Waals surface area contributed by atoms with E-state index in [0.717, 1.165) is 0 Å². The quantitative estimate of drug-likeness (QED) is 0.0308. The Morgan fingerprint density at radius 1 is 0.511 bits per heavy atom. The van der Waals surface area contributed by atoms with E-state index in [4.69, 9.17) is 0 Å². The first-order valence-electron chi connectivity index (χ1n) is 18.7. The van der Waals surface area contributed by atoms with Crippen LogP contribution in [0.4, 0.5) is 26.3 Å². The minimum absolute atomic E-state index is 0.697. The van der Waals surface area contributed by atoms with E-state index in [1.165, 1.54) is 128 Å². The Kier molecular flexibility index (Phi) is 30.8. The lowest BCUT2D eigenvalue weighted by atomic mass is 10.1. The molecule has 0 aliphatic carbocycles. The number of halogens is 6. The van der Waals surface area contributed by atoms with Crippen LogP contribution in [-0.2, 0) is 14.9 Å². The van der Waals surface area contributed by atoms with Crippen LogP contribution in [0.25, 0.3) is 0 Å². The maximum absolute atomic E-state index is 12.0. The summed E-state index contributed by atoms with van der Waals surface area (Å²) in [4.78, 5) is 0. The maximum Gasteiger partial charge on any atom is 0.525 e. The van der Waals surface area contributed by atoms with E-state index in [2.05, 4.69) is 27.7 Å². The van der Waals surface area contributed by atoms with Gasteiger partial charge in [-0.15, -0.1) is 13.2 Å². The van der Waals surface area contributed by atoms with Gasteiger partial charge in [0.2, 0.25) is 0 Å². The van der Waals surface area contributed by atoms with Crippen molar-refractivity contribution in [2.24, 2.45) is 0 Å². The molecule has 0 aromatic carbocycles. The predicted octanol–water partition coefficient (Wildman–Crippen LogP) is 13.4. The molecule has 0 aliphatic heterocycles. The summed E-state index contributed by atoms with van der Waals surface area (Å²) in [5.41, 5.74) is 0. The van der Waals surface area contributed by atoms with Crippen molar-refractivity contribution in [1.29, 1.82) is 0 Å². The number of unbranched alkanes of at least 4 members (excludes halogenated alkanes) is 20. The van der Waals surface area contributed by atoms with Gasteiger partial charge in [0, 0.05) is 7.26 Å². The Bertz CT molecular complexity index is 768. The van der Waals surface area contributed by atoms with Crippen LogP contribution in [0.5, 0.6) is 0 Å². The molecule has 0 fully saturated rings. The van der Waals surface area contributed by atoms with Gasteiger partial charge in [-0.2, -0.15) is 8.78 Å². The number of hydrogen-bond donors (Lipinski definition) is 0. The molecule has 0 heterocycles. The van der Waals surface area contributed by atoms with E-state index in [-0.39, 0.29) is 0 Å². The third-order valence-corrected chi connectivity index (χ3v) is 14.7. The molecule has 12 heteroatoms. The highest BCUT2D eigenvalue weighted by Crippen LogP contribution is 2.61. The van der Waals surface area contributed by atoms with Gasteiger partial charge in [-0.3, -0.25) is 0 Å². The molecule has 0 spiro atoms.